The Bertz CT molecular complexity index is 622. The maximum atomic E-state index is 12.3. The lowest BCUT2D eigenvalue weighted by Gasteiger charge is -2.23. The SMILES string of the molecule is COC(=O)c1cc(S(=O)(=O)NC2CCOCC2)ccc1O. The van der Waals surface area contributed by atoms with Crippen LogP contribution < -0.4 is 4.72 Å². The molecule has 0 saturated carbocycles. The highest BCUT2D eigenvalue weighted by Crippen LogP contribution is 2.22. The highest BCUT2D eigenvalue weighted by molar-refractivity contribution is 7.89. The zero-order valence-corrected chi connectivity index (χ0v) is 12.4. The van der Waals surface area contributed by atoms with E-state index >= 15 is 0 Å². The van der Waals surface area contributed by atoms with Gasteiger partial charge in [-0.15, -0.1) is 0 Å². The van der Waals surface area contributed by atoms with Gasteiger partial charge in [0.15, 0.2) is 0 Å². The molecular formula is C13H17NO6S. The number of carbonyl (C=O) groups excluding carboxylic acids is 1. The summed E-state index contributed by atoms with van der Waals surface area (Å²) in [7, 11) is -2.61. The van der Waals surface area contributed by atoms with E-state index in [1.807, 2.05) is 0 Å². The van der Waals surface area contributed by atoms with Crippen LogP contribution in [-0.2, 0) is 19.5 Å². The Morgan fingerprint density at radius 2 is 2.05 bits per heavy atom. The Morgan fingerprint density at radius 1 is 1.38 bits per heavy atom. The minimum absolute atomic E-state index is 0.0906. The van der Waals surface area contributed by atoms with Gasteiger partial charge in [0.2, 0.25) is 10.0 Å². The van der Waals surface area contributed by atoms with Gasteiger partial charge >= 0.3 is 5.97 Å². The molecule has 1 aliphatic rings. The van der Waals surface area contributed by atoms with Gasteiger partial charge in [-0.25, -0.2) is 17.9 Å². The third-order valence-electron chi connectivity index (χ3n) is 3.23. The fourth-order valence-electron chi connectivity index (χ4n) is 2.06. The predicted octanol–water partition coefficient (Wildman–Crippen LogP) is 0.636. The average molecular weight is 315 g/mol. The zero-order chi connectivity index (χ0) is 15.5. The van der Waals surface area contributed by atoms with Crippen molar-refractivity contribution in [3.05, 3.63) is 23.8 Å². The number of phenolic OH excluding ortho intramolecular Hbond substituents is 1. The second-order valence-electron chi connectivity index (χ2n) is 4.68. The minimum Gasteiger partial charge on any atom is -0.507 e. The number of carbonyl (C=O) groups is 1. The Kier molecular flexibility index (Phi) is 4.81. The van der Waals surface area contributed by atoms with E-state index in [9.17, 15) is 18.3 Å². The van der Waals surface area contributed by atoms with Crippen molar-refractivity contribution in [1.29, 1.82) is 0 Å². The molecule has 0 spiro atoms. The number of phenols is 1. The van der Waals surface area contributed by atoms with Gasteiger partial charge < -0.3 is 14.6 Å². The monoisotopic (exact) mass is 315 g/mol. The van der Waals surface area contributed by atoms with Crippen molar-refractivity contribution in [1.82, 2.24) is 4.72 Å². The maximum absolute atomic E-state index is 12.3. The molecule has 1 heterocycles. The lowest BCUT2D eigenvalue weighted by Crippen LogP contribution is -2.38. The van der Waals surface area contributed by atoms with Crippen LogP contribution in [0.2, 0.25) is 0 Å². The van der Waals surface area contributed by atoms with Gasteiger partial charge in [0.25, 0.3) is 0 Å². The standard InChI is InChI=1S/C13H17NO6S/c1-19-13(16)11-8-10(2-3-12(11)15)21(17,18)14-9-4-6-20-7-5-9/h2-3,8-9,14-15H,4-7H2,1H3. The Hall–Kier alpha value is -1.64. The highest BCUT2D eigenvalue weighted by Gasteiger charge is 2.24. The summed E-state index contributed by atoms with van der Waals surface area (Å²) >= 11 is 0. The third kappa shape index (κ3) is 3.72. The fraction of sp³-hybridized carbons (Fsp3) is 0.462. The van der Waals surface area contributed by atoms with Crippen LogP contribution in [0.25, 0.3) is 0 Å². The number of ether oxygens (including phenoxy) is 2. The fourth-order valence-corrected chi connectivity index (χ4v) is 3.39. The summed E-state index contributed by atoms with van der Waals surface area (Å²) in [5.41, 5.74) is -0.188. The molecule has 0 radical (unpaired) electrons. The van der Waals surface area contributed by atoms with Gasteiger partial charge in [-0.3, -0.25) is 0 Å². The molecule has 0 aliphatic carbocycles. The molecule has 1 aromatic carbocycles. The first-order valence-electron chi connectivity index (χ1n) is 6.45. The number of nitrogens with one attached hydrogen (secondary N) is 1. The van der Waals surface area contributed by atoms with Crippen molar-refractivity contribution < 1.29 is 27.8 Å². The van der Waals surface area contributed by atoms with Crippen LogP contribution in [0.5, 0.6) is 5.75 Å². The summed E-state index contributed by atoms with van der Waals surface area (Å²) in [6, 6.07) is 3.30. The van der Waals surface area contributed by atoms with E-state index < -0.39 is 16.0 Å². The van der Waals surface area contributed by atoms with Crippen LogP contribution in [0, 0.1) is 0 Å². The molecule has 8 heteroatoms. The molecular weight excluding hydrogens is 298 g/mol. The van der Waals surface area contributed by atoms with Gasteiger partial charge in [0.05, 0.1) is 12.0 Å². The van der Waals surface area contributed by atoms with Crippen molar-refractivity contribution in [3.63, 3.8) is 0 Å². The summed E-state index contributed by atoms with van der Waals surface area (Å²) in [5, 5.41) is 9.59. The third-order valence-corrected chi connectivity index (χ3v) is 4.74. The van der Waals surface area contributed by atoms with Gasteiger partial charge in [0.1, 0.15) is 11.3 Å². The Morgan fingerprint density at radius 3 is 2.67 bits per heavy atom. The van der Waals surface area contributed by atoms with E-state index in [2.05, 4.69) is 9.46 Å². The molecule has 2 rings (SSSR count). The first-order chi connectivity index (χ1) is 9.94. The molecule has 2 N–H and O–H groups in total. The quantitative estimate of drug-likeness (QED) is 0.790. The lowest BCUT2D eigenvalue weighted by molar-refractivity contribution is 0.0597. The van der Waals surface area contributed by atoms with E-state index in [-0.39, 0.29) is 22.3 Å². The van der Waals surface area contributed by atoms with Crippen LogP contribution in [0.15, 0.2) is 23.1 Å². The van der Waals surface area contributed by atoms with E-state index in [1.54, 1.807) is 0 Å². The topological polar surface area (TPSA) is 102 Å². The number of esters is 1. The molecule has 1 aromatic rings. The summed E-state index contributed by atoms with van der Waals surface area (Å²) in [4.78, 5) is 11.4. The van der Waals surface area contributed by atoms with E-state index in [4.69, 9.17) is 4.74 Å². The molecule has 21 heavy (non-hydrogen) atoms. The average Bonchev–Trinajstić information content (AvgIpc) is 2.47. The van der Waals surface area contributed by atoms with Crippen molar-refractivity contribution in [2.45, 2.75) is 23.8 Å². The van der Waals surface area contributed by atoms with Crippen molar-refractivity contribution in [2.24, 2.45) is 0 Å². The number of sulfonamides is 1. The summed E-state index contributed by atoms with van der Waals surface area (Å²) in [5.74, 6) is -1.12. The van der Waals surface area contributed by atoms with Crippen molar-refractivity contribution >= 4 is 16.0 Å². The summed E-state index contributed by atoms with van der Waals surface area (Å²) in [6.07, 6.45) is 1.20. The number of methoxy groups -OCH3 is 1. The molecule has 1 aliphatic heterocycles. The van der Waals surface area contributed by atoms with Crippen LogP contribution in [0.4, 0.5) is 0 Å². The van der Waals surface area contributed by atoms with E-state index in [0.717, 1.165) is 19.2 Å². The summed E-state index contributed by atoms with van der Waals surface area (Å²) < 4.78 is 36.8. The number of hydrogen-bond acceptors (Lipinski definition) is 6. The second kappa shape index (κ2) is 6.42. The number of benzene rings is 1. The molecule has 1 fully saturated rings. The lowest BCUT2D eigenvalue weighted by atomic mass is 10.1. The van der Waals surface area contributed by atoms with Crippen LogP contribution in [0.1, 0.15) is 23.2 Å². The highest BCUT2D eigenvalue weighted by atomic mass is 32.2. The van der Waals surface area contributed by atoms with Gasteiger partial charge in [0, 0.05) is 19.3 Å². The van der Waals surface area contributed by atoms with Gasteiger partial charge in [-0.2, -0.15) is 0 Å². The maximum Gasteiger partial charge on any atom is 0.341 e. The first-order valence-corrected chi connectivity index (χ1v) is 7.94. The second-order valence-corrected chi connectivity index (χ2v) is 6.39. The molecule has 0 bridgehead atoms. The number of hydrogen-bond donors (Lipinski definition) is 2. The molecule has 1 saturated heterocycles. The molecule has 0 unspecified atom stereocenters. The normalized spacial score (nSPS) is 16.6. The van der Waals surface area contributed by atoms with E-state index in [0.29, 0.717) is 26.1 Å². The smallest absolute Gasteiger partial charge is 0.341 e. The molecule has 0 amide bonds. The van der Waals surface area contributed by atoms with Crippen LogP contribution >= 0.6 is 0 Å². The van der Waals surface area contributed by atoms with Crippen LogP contribution in [-0.4, -0.2) is 45.9 Å². The number of rotatable bonds is 4. The largest absolute Gasteiger partial charge is 0.507 e. The first kappa shape index (κ1) is 15.7. The Balaban J connectivity index is 2.25. The van der Waals surface area contributed by atoms with E-state index in [1.165, 1.54) is 6.07 Å². The molecule has 0 aromatic heterocycles. The zero-order valence-electron chi connectivity index (χ0n) is 11.5. The molecule has 0 atom stereocenters. The molecule has 7 nitrogen and oxygen atoms in total. The molecule has 116 valence electrons. The number of aromatic hydroxyl groups is 1. The van der Waals surface area contributed by atoms with Gasteiger partial charge in [-0.1, -0.05) is 0 Å². The van der Waals surface area contributed by atoms with Crippen molar-refractivity contribution in [3.8, 4) is 5.75 Å². The summed E-state index contributed by atoms with van der Waals surface area (Å²) in [6.45, 7) is 1.02. The van der Waals surface area contributed by atoms with Gasteiger partial charge in [-0.05, 0) is 31.0 Å². The van der Waals surface area contributed by atoms with Crippen molar-refractivity contribution in [2.75, 3.05) is 20.3 Å². The minimum atomic E-state index is -3.77. The Labute approximate surface area is 122 Å². The predicted molar refractivity (Wildman–Crippen MR) is 73.6 cm³/mol. The van der Waals surface area contributed by atoms with Crippen LogP contribution in [0.3, 0.4) is 0 Å².